The second kappa shape index (κ2) is 3.94. The van der Waals surface area contributed by atoms with Gasteiger partial charge in [0.2, 0.25) is 5.76 Å². The Morgan fingerprint density at radius 1 is 1.42 bits per heavy atom. The van der Waals surface area contributed by atoms with Crippen molar-refractivity contribution >= 4 is 16.9 Å². The molecule has 0 spiro atoms. The fourth-order valence-electron chi connectivity index (χ4n) is 2.12. The molecule has 0 aliphatic rings. The summed E-state index contributed by atoms with van der Waals surface area (Å²) in [7, 11) is 0. The molecule has 0 fully saturated rings. The molecule has 0 radical (unpaired) electrons. The predicted octanol–water partition coefficient (Wildman–Crippen LogP) is 2.97. The maximum Gasteiger partial charge on any atom is 0.374 e. The Bertz CT molecular complexity index is 788. The van der Waals surface area contributed by atoms with E-state index in [0.29, 0.717) is 16.6 Å². The number of nitrogens with one attached hydrogen (secondary N) is 1. The van der Waals surface area contributed by atoms with E-state index in [0.717, 1.165) is 11.2 Å². The van der Waals surface area contributed by atoms with Crippen LogP contribution in [0.25, 0.3) is 22.2 Å². The van der Waals surface area contributed by atoms with Crippen LogP contribution in [0.4, 0.5) is 4.39 Å². The molecule has 6 heteroatoms. The van der Waals surface area contributed by atoms with Crippen LogP contribution in [0.1, 0.15) is 16.2 Å². The van der Waals surface area contributed by atoms with E-state index in [9.17, 15) is 9.18 Å². The van der Waals surface area contributed by atoms with E-state index in [4.69, 9.17) is 9.63 Å². The Balaban J connectivity index is 2.25. The Morgan fingerprint density at radius 3 is 2.89 bits per heavy atom. The molecule has 0 saturated heterocycles. The summed E-state index contributed by atoms with van der Waals surface area (Å²) in [6.45, 7) is 1.81. The first-order chi connectivity index (χ1) is 9.06. The number of rotatable bonds is 2. The van der Waals surface area contributed by atoms with Crippen molar-refractivity contribution in [1.82, 2.24) is 10.1 Å². The lowest BCUT2D eigenvalue weighted by Crippen LogP contribution is -1.91. The van der Waals surface area contributed by atoms with E-state index in [1.54, 1.807) is 6.07 Å². The van der Waals surface area contributed by atoms with E-state index < -0.39 is 5.97 Å². The number of fused-ring (bicyclic) bond motifs is 1. The molecule has 0 aliphatic carbocycles. The summed E-state index contributed by atoms with van der Waals surface area (Å²) in [6, 6.07) is 5.68. The number of hydrogen-bond donors (Lipinski definition) is 2. The Kier molecular flexibility index (Phi) is 2.38. The van der Waals surface area contributed by atoms with Crippen molar-refractivity contribution in [3.63, 3.8) is 0 Å². The minimum atomic E-state index is -1.19. The normalized spacial score (nSPS) is 11.1. The van der Waals surface area contributed by atoms with E-state index in [1.807, 2.05) is 6.92 Å². The number of halogens is 1. The molecule has 0 atom stereocenters. The summed E-state index contributed by atoms with van der Waals surface area (Å²) in [5.74, 6) is -1.81. The first-order valence-electron chi connectivity index (χ1n) is 5.54. The molecule has 0 aliphatic heterocycles. The zero-order valence-corrected chi connectivity index (χ0v) is 9.90. The molecule has 0 bridgehead atoms. The molecule has 5 nitrogen and oxygen atoms in total. The summed E-state index contributed by atoms with van der Waals surface area (Å²) in [6.07, 6.45) is 0. The number of aromatic amines is 1. The number of carboxylic acid groups (broad SMARTS) is 1. The van der Waals surface area contributed by atoms with Crippen LogP contribution in [0.5, 0.6) is 0 Å². The average molecular weight is 260 g/mol. The zero-order chi connectivity index (χ0) is 13.6. The standard InChI is InChI=1S/C13H9FN2O3/c1-6-12(10-5-11(13(17)18)19-16-10)8-4-7(14)2-3-9(8)15-6/h2-5,15H,1H3,(H,17,18). The number of aromatic nitrogens is 2. The monoisotopic (exact) mass is 260 g/mol. The quantitative estimate of drug-likeness (QED) is 0.742. The summed E-state index contributed by atoms with van der Waals surface area (Å²) >= 11 is 0. The van der Waals surface area contributed by atoms with Crippen molar-refractivity contribution in [2.45, 2.75) is 6.92 Å². The Morgan fingerprint density at radius 2 is 2.21 bits per heavy atom. The minimum absolute atomic E-state index is 0.250. The summed E-state index contributed by atoms with van der Waals surface area (Å²) in [5.41, 5.74) is 2.54. The number of nitrogens with zero attached hydrogens (tertiary/aromatic N) is 1. The molecule has 0 saturated carbocycles. The molecule has 0 amide bonds. The van der Waals surface area contributed by atoms with Crippen LogP contribution in [0.3, 0.4) is 0 Å². The second-order valence-electron chi connectivity index (χ2n) is 4.20. The van der Waals surface area contributed by atoms with Crippen molar-refractivity contribution in [2.24, 2.45) is 0 Å². The van der Waals surface area contributed by atoms with Gasteiger partial charge in [0.05, 0.1) is 0 Å². The van der Waals surface area contributed by atoms with Crippen molar-refractivity contribution in [3.8, 4) is 11.3 Å². The Labute approximate surface area is 106 Å². The van der Waals surface area contributed by atoms with Crippen molar-refractivity contribution in [2.75, 3.05) is 0 Å². The number of carboxylic acids is 1. The molecule has 1 aromatic carbocycles. The van der Waals surface area contributed by atoms with Gasteiger partial charge >= 0.3 is 5.97 Å². The highest BCUT2D eigenvalue weighted by Crippen LogP contribution is 2.32. The van der Waals surface area contributed by atoms with E-state index >= 15 is 0 Å². The minimum Gasteiger partial charge on any atom is -0.475 e. The van der Waals surface area contributed by atoms with Gasteiger partial charge in [0, 0.05) is 28.2 Å². The maximum absolute atomic E-state index is 13.3. The molecule has 96 valence electrons. The number of H-pyrrole nitrogens is 1. The highest BCUT2D eigenvalue weighted by atomic mass is 19.1. The maximum atomic E-state index is 13.3. The number of aryl methyl sites for hydroxylation is 1. The van der Waals surface area contributed by atoms with Crippen molar-refractivity contribution in [1.29, 1.82) is 0 Å². The zero-order valence-electron chi connectivity index (χ0n) is 9.90. The molecule has 2 aromatic heterocycles. The lowest BCUT2D eigenvalue weighted by Gasteiger charge is -1.95. The van der Waals surface area contributed by atoms with Gasteiger partial charge in [-0.05, 0) is 25.1 Å². The number of benzene rings is 1. The van der Waals surface area contributed by atoms with Gasteiger partial charge in [0.25, 0.3) is 0 Å². The van der Waals surface area contributed by atoms with Gasteiger partial charge in [-0.25, -0.2) is 9.18 Å². The Hall–Kier alpha value is -2.63. The molecular formula is C13H9FN2O3. The first-order valence-corrected chi connectivity index (χ1v) is 5.54. The van der Waals surface area contributed by atoms with Crippen LogP contribution >= 0.6 is 0 Å². The van der Waals surface area contributed by atoms with E-state index in [-0.39, 0.29) is 11.6 Å². The first kappa shape index (κ1) is 11.5. The van der Waals surface area contributed by atoms with Gasteiger partial charge < -0.3 is 14.6 Å². The van der Waals surface area contributed by atoms with E-state index in [1.165, 1.54) is 18.2 Å². The molecule has 2 heterocycles. The van der Waals surface area contributed by atoms with Crippen molar-refractivity contribution in [3.05, 3.63) is 41.5 Å². The highest BCUT2D eigenvalue weighted by molar-refractivity contribution is 5.97. The van der Waals surface area contributed by atoms with Crippen LogP contribution in [0.15, 0.2) is 28.8 Å². The van der Waals surface area contributed by atoms with Crippen LogP contribution in [0.2, 0.25) is 0 Å². The fourth-order valence-corrected chi connectivity index (χ4v) is 2.12. The SMILES string of the molecule is Cc1[nH]c2ccc(F)cc2c1-c1cc(C(=O)O)on1. The average Bonchev–Trinajstić information content (AvgIpc) is 2.92. The number of hydrogen-bond acceptors (Lipinski definition) is 3. The lowest BCUT2D eigenvalue weighted by molar-refractivity contribution is 0.0652. The van der Waals surface area contributed by atoms with Gasteiger partial charge in [0.1, 0.15) is 11.5 Å². The molecule has 3 aromatic rings. The lowest BCUT2D eigenvalue weighted by atomic mass is 10.1. The predicted molar refractivity (Wildman–Crippen MR) is 65.5 cm³/mol. The summed E-state index contributed by atoms with van der Waals surface area (Å²) in [4.78, 5) is 13.9. The third-order valence-electron chi connectivity index (χ3n) is 2.93. The topological polar surface area (TPSA) is 79.1 Å². The van der Waals surface area contributed by atoms with Crippen LogP contribution in [-0.2, 0) is 0 Å². The second-order valence-corrected chi connectivity index (χ2v) is 4.20. The number of aromatic carboxylic acids is 1. The van der Waals surface area contributed by atoms with Crippen molar-refractivity contribution < 1.29 is 18.8 Å². The molecule has 0 unspecified atom stereocenters. The summed E-state index contributed by atoms with van der Waals surface area (Å²) < 4.78 is 18.1. The van der Waals surface area contributed by atoms with Gasteiger partial charge in [-0.3, -0.25) is 0 Å². The molecular weight excluding hydrogens is 251 g/mol. The summed E-state index contributed by atoms with van der Waals surface area (Å²) in [5, 5.41) is 13.2. The van der Waals surface area contributed by atoms with Gasteiger partial charge in [0.15, 0.2) is 0 Å². The van der Waals surface area contributed by atoms with Gasteiger partial charge in [-0.15, -0.1) is 0 Å². The van der Waals surface area contributed by atoms with Crippen LogP contribution in [0, 0.1) is 12.7 Å². The molecule has 2 N–H and O–H groups in total. The van der Waals surface area contributed by atoms with Gasteiger partial charge in [-0.2, -0.15) is 0 Å². The molecule has 3 rings (SSSR count). The third-order valence-corrected chi connectivity index (χ3v) is 2.93. The van der Waals surface area contributed by atoms with Crippen LogP contribution < -0.4 is 0 Å². The number of carbonyl (C=O) groups is 1. The van der Waals surface area contributed by atoms with Gasteiger partial charge in [-0.1, -0.05) is 5.16 Å². The van der Waals surface area contributed by atoms with Crippen LogP contribution in [-0.4, -0.2) is 21.2 Å². The fraction of sp³-hybridized carbons (Fsp3) is 0.0769. The third kappa shape index (κ3) is 1.77. The highest BCUT2D eigenvalue weighted by Gasteiger charge is 2.17. The van der Waals surface area contributed by atoms with E-state index in [2.05, 4.69) is 10.1 Å². The molecule has 19 heavy (non-hydrogen) atoms. The largest absolute Gasteiger partial charge is 0.475 e. The smallest absolute Gasteiger partial charge is 0.374 e.